The maximum atomic E-state index is 8.58. The number of methoxy groups -OCH3 is 1. The Morgan fingerprint density at radius 2 is 2.23 bits per heavy atom. The molecule has 1 aromatic rings. The molecule has 0 aromatic heterocycles. The summed E-state index contributed by atoms with van der Waals surface area (Å²) in [5, 5.41) is 8.58. The van der Waals surface area contributed by atoms with E-state index in [-0.39, 0.29) is 0 Å². The van der Waals surface area contributed by atoms with Crippen molar-refractivity contribution in [1.82, 2.24) is 5.48 Å². The van der Waals surface area contributed by atoms with Gasteiger partial charge in [-0.15, -0.1) is 0 Å². The van der Waals surface area contributed by atoms with Crippen molar-refractivity contribution in [1.29, 1.82) is 0 Å². The number of ether oxygens (including phenoxy) is 1. The van der Waals surface area contributed by atoms with E-state index in [1.54, 1.807) is 7.11 Å². The SMILES string of the molecule is COCc1cc(Br)ccc1CNO. The summed E-state index contributed by atoms with van der Waals surface area (Å²) in [6, 6.07) is 5.86. The van der Waals surface area contributed by atoms with Crippen LogP contribution in [0.25, 0.3) is 0 Å². The molecule has 0 bridgehead atoms. The van der Waals surface area contributed by atoms with Crippen LogP contribution in [0.1, 0.15) is 11.1 Å². The second-order valence-corrected chi connectivity index (χ2v) is 3.60. The van der Waals surface area contributed by atoms with Crippen LogP contribution in [0, 0.1) is 0 Å². The third-order valence-electron chi connectivity index (χ3n) is 1.74. The second kappa shape index (κ2) is 5.34. The van der Waals surface area contributed by atoms with E-state index in [4.69, 9.17) is 9.94 Å². The molecule has 72 valence electrons. The number of hydroxylamine groups is 1. The van der Waals surface area contributed by atoms with E-state index in [2.05, 4.69) is 21.4 Å². The summed E-state index contributed by atoms with van der Waals surface area (Å²) in [6.45, 7) is 0.989. The fraction of sp³-hybridized carbons (Fsp3) is 0.333. The summed E-state index contributed by atoms with van der Waals surface area (Å²) < 4.78 is 6.05. The van der Waals surface area contributed by atoms with Crippen LogP contribution in [0.5, 0.6) is 0 Å². The van der Waals surface area contributed by atoms with Crippen LogP contribution in [-0.4, -0.2) is 12.3 Å². The fourth-order valence-corrected chi connectivity index (χ4v) is 1.55. The van der Waals surface area contributed by atoms with Gasteiger partial charge in [0.15, 0.2) is 0 Å². The average Bonchev–Trinajstić information content (AvgIpc) is 2.10. The van der Waals surface area contributed by atoms with Crippen molar-refractivity contribution in [3.63, 3.8) is 0 Å². The lowest BCUT2D eigenvalue weighted by molar-refractivity contribution is 0.157. The minimum Gasteiger partial charge on any atom is -0.380 e. The van der Waals surface area contributed by atoms with Crippen LogP contribution in [0.15, 0.2) is 22.7 Å². The Balaban J connectivity index is 2.89. The second-order valence-electron chi connectivity index (χ2n) is 2.68. The minimum absolute atomic E-state index is 0.436. The molecule has 0 unspecified atom stereocenters. The quantitative estimate of drug-likeness (QED) is 0.799. The van der Waals surface area contributed by atoms with Crippen molar-refractivity contribution in [3.8, 4) is 0 Å². The largest absolute Gasteiger partial charge is 0.380 e. The Hall–Kier alpha value is -0.420. The van der Waals surface area contributed by atoms with Crippen LogP contribution in [-0.2, 0) is 17.9 Å². The van der Waals surface area contributed by atoms with Gasteiger partial charge in [-0.2, -0.15) is 0 Å². The normalized spacial score (nSPS) is 10.4. The van der Waals surface area contributed by atoms with Crippen LogP contribution in [0.4, 0.5) is 0 Å². The predicted molar refractivity (Wildman–Crippen MR) is 53.5 cm³/mol. The van der Waals surface area contributed by atoms with Crippen LogP contribution < -0.4 is 5.48 Å². The molecule has 3 nitrogen and oxygen atoms in total. The highest BCUT2D eigenvalue weighted by atomic mass is 79.9. The van der Waals surface area contributed by atoms with Gasteiger partial charge in [-0.25, -0.2) is 5.48 Å². The van der Waals surface area contributed by atoms with E-state index < -0.39 is 0 Å². The van der Waals surface area contributed by atoms with Gasteiger partial charge in [0, 0.05) is 18.1 Å². The average molecular weight is 246 g/mol. The molecular weight excluding hydrogens is 234 g/mol. The zero-order valence-corrected chi connectivity index (χ0v) is 8.97. The molecule has 13 heavy (non-hydrogen) atoms. The molecule has 0 fully saturated rings. The lowest BCUT2D eigenvalue weighted by Crippen LogP contribution is -2.08. The first-order chi connectivity index (χ1) is 6.27. The van der Waals surface area contributed by atoms with Crippen LogP contribution in [0.3, 0.4) is 0 Å². The Bertz CT molecular complexity index is 278. The molecule has 0 spiro atoms. The van der Waals surface area contributed by atoms with Gasteiger partial charge >= 0.3 is 0 Å². The molecule has 2 N–H and O–H groups in total. The Kier molecular flexibility index (Phi) is 4.38. The van der Waals surface area contributed by atoms with Gasteiger partial charge in [0.1, 0.15) is 0 Å². The van der Waals surface area contributed by atoms with E-state index in [1.807, 2.05) is 18.2 Å². The lowest BCUT2D eigenvalue weighted by atomic mass is 10.1. The van der Waals surface area contributed by atoms with Gasteiger partial charge in [-0.1, -0.05) is 22.0 Å². The number of hydrogen-bond donors (Lipinski definition) is 2. The monoisotopic (exact) mass is 245 g/mol. The van der Waals surface area contributed by atoms with Crippen LogP contribution >= 0.6 is 15.9 Å². The maximum Gasteiger partial charge on any atom is 0.0716 e. The highest BCUT2D eigenvalue weighted by Gasteiger charge is 2.01. The highest BCUT2D eigenvalue weighted by Crippen LogP contribution is 2.17. The van der Waals surface area contributed by atoms with Crippen molar-refractivity contribution in [2.24, 2.45) is 0 Å². The van der Waals surface area contributed by atoms with Gasteiger partial charge in [0.25, 0.3) is 0 Å². The van der Waals surface area contributed by atoms with Crippen molar-refractivity contribution in [2.75, 3.05) is 7.11 Å². The molecule has 0 saturated heterocycles. The van der Waals surface area contributed by atoms with Crippen LogP contribution in [0.2, 0.25) is 0 Å². The Labute approximate surface area is 85.8 Å². The van der Waals surface area contributed by atoms with Crippen molar-refractivity contribution < 1.29 is 9.94 Å². The third kappa shape index (κ3) is 3.08. The molecule has 0 atom stereocenters. The molecule has 0 radical (unpaired) electrons. The van der Waals surface area contributed by atoms with Gasteiger partial charge in [-0.3, -0.25) is 0 Å². The molecule has 0 heterocycles. The maximum absolute atomic E-state index is 8.58. The lowest BCUT2D eigenvalue weighted by Gasteiger charge is -2.08. The minimum atomic E-state index is 0.436. The topological polar surface area (TPSA) is 41.5 Å². The Morgan fingerprint density at radius 1 is 1.46 bits per heavy atom. The smallest absolute Gasteiger partial charge is 0.0716 e. The van der Waals surface area contributed by atoms with Gasteiger partial charge in [-0.05, 0) is 23.3 Å². The summed E-state index contributed by atoms with van der Waals surface area (Å²) >= 11 is 3.38. The molecule has 0 saturated carbocycles. The van der Waals surface area contributed by atoms with E-state index in [1.165, 1.54) is 0 Å². The molecule has 0 aliphatic rings. The van der Waals surface area contributed by atoms with Gasteiger partial charge in [0.2, 0.25) is 0 Å². The summed E-state index contributed by atoms with van der Waals surface area (Å²) in [4.78, 5) is 0. The third-order valence-corrected chi connectivity index (χ3v) is 2.23. The number of halogens is 1. The molecule has 0 amide bonds. The summed E-state index contributed by atoms with van der Waals surface area (Å²) in [7, 11) is 1.65. The molecular formula is C9H12BrNO2. The summed E-state index contributed by atoms with van der Waals surface area (Å²) in [5.74, 6) is 0. The number of nitrogens with one attached hydrogen (secondary N) is 1. The number of benzene rings is 1. The zero-order chi connectivity index (χ0) is 9.68. The van der Waals surface area contributed by atoms with E-state index in [0.29, 0.717) is 13.2 Å². The first kappa shape index (κ1) is 10.7. The molecule has 0 aliphatic carbocycles. The van der Waals surface area contributed by atoms with Crippen molar-refractivity contribution in [3.05, 3.63) is 33.8 Å². The first-order valence-electron chi connectivity index (χ1n) is 3.91. The Morgan fingerprint density at radius 3 is 2.85 bits per heavy atom. The molecule has 1 aromatic carbocycles. The zero-order valence-electron chi connectivity index (χ0n) is 7.38. The fourth-order valence-electron chi connectivity index (χ4n) is 1.14. The molecule has 0 aliphatic heterocycles. The molecule has 4 heteroatoms. The predicted octanol–water partition coefficient (Wildman–Crippen LogP) is 2.07. The molecule has 1 rings (SSSR count). The van der Waals surface area contributed by atoms with Gasteiger partial charge in [0.05, 0.1) is 6.61 Å². The number of hydrogen-bond acceptors (Lipinski definition) is 3. The van der Waals surface area contributed by atoms with E-state index in [0.717, 1.165) is 15.6 Å². The van der Waals surface area contributed by atoms with Crippen molar-refractivity contribution in [2.45, 2.75) is 13.2 Å². The van der Waals surface area contributed by atoms with E-state index in [9.17, 15) is 0 Å². The summed E-state index contributed by atoms with van der Waals surface area (Å²) in [6.07, 6.45) is 0. The van der Waals surface area contributed by atoms with E-state index >= 15 is 0 Å². The van der Waals surface area contributed by atoms with Crippen molar-refractivity contribution >= 4 is 15.9 Å². The number of rotatable bonds is 4. The van der Waals surface area contributed by atoms with Gasteiger partial charge < -0.3 is 9.94 Å². The highest BCUT2D eigenvalue weighted by molar-refractivity contribution is 9.10. The standard InChI is InChI=1S/C9H12BrNO2/c1-13-6-8-4-9(10)3-2-7(8)5-11-12/h2-4,11-12H,5-6H2,1H3. The first-order valence-corrected chi connectivity index (χ1v) is 4.70. The summed E-state index contributed by atoms with van der Waals surface area (Å²) in [5.41, 5.74) is 4.23.